The van der Waals surface area contributed by atoms with Crippen molar-refractivity contribution in [2.45, 2.75) is 26.4 Å². The van der Waals surface area contributed by atoms with Crippen LogP contribution in [0.5, 0.6) is 0 Å². The van der Waals surface area contributed by atoms with Gasteiger partial charge in [0.15, 0.2) is 0 Å². The minimum Gasteiger partial charge on any atom is -0.455 e. The van der Waals surface area contributed by atoms with Gasteiger partial charge in [-0.2, -0.15) is 0 Å². The van der Waals surface area contributed by atoms with Crippen LogP contribution < -0.4 is 0 Å². The van der Waals surface area contributed by atoms with Gasteiger partial charge in [0.1, 0.15) is 11.3 Å². The monoisotopic (exact) mass is 230 g/mol. The predicted octanol–water partition coefficient (Wildman–Crippen LogP) is 2.59. The van der Waals surface area contributed by atoms with Gasteiger partial charge in [-0.05, 0) is 45.0 Å². The Labute approximate surface area is 99.7 Å². The van der Waals surface area contributed by atoms with Gasteiger partial charge >= 0.3 is 5.97 Å². The molecule has 17 heavy (non-hydrogen) atoms. The van der Waals surface area contributed by atoms with Gasteiger partial charge in [-0.3, -0.25) is 4.98 Å². The number of ether oxygens (including phenoxy) is 1. The van der Waals surface area contributed by atoms with Crippen LogP contribution in [0.4, 0.5) is 0 Å². The Balaban J connectivity index is 2.33. The summed E-state index contributed by atoms with van der Waals surface area (Å²) in [6.07, 6.45) is 1.69. The Hall–Kier alpha value is -1.97. The van der Waals surface area contributed by atoms with E-state index in [9.17, 15) is 4.79 Å². The molecule has 0 aliphatic rings. The Morgan fingerprint density at radius 2 is 1.94 bits per heavy atom. The van der Waals surface area contributed by atoms with E-state index in [4.69, 9.17) is 4.74 Å². The highest BCUT2D eigenvalue weighted by molar-refractivity contribution is 5.90. The molecule has 0 unspecified atom stereocenters. The zero-order valence-corrected chi connectivity index (χ0v) is 10.1. The molecule has 2 rings (SSSR count). The molecule has 0 bridgehead atoms. The highest BCUT2D eigenvalue weighted by Crippen LogP contribution is 2.13. The molecule has 0 fully saturated rings. The summed E-state index contributed by atoms with van der Waals surface area (Å²) in [6.45, 7) is 5.48. The van der Waals surface area contributed by atoms with Crippen LogP contribution in [-0.4, -0.2) is 21.5 Å². The normalized spacial score (nSPS) is 11.5. The lowest BCUT2D eigenvalue weighted by Crippen LogP contribution is -2.24. The van der Waals surface area contributed by atoms with E-state index in [1.165, 1.54) is 0 Å². The lowest BCUT2D eigenvalue weighted by Gasteiger charge is -2.19. The molecule has 0 N–H and O–H groups in total. The zero-order valence-electron chi connectivity index (χ0n) is 10.1. The molecule has 0 saturated carbocycles. The highest BCUT2D eigenvalue weighted by Gasteiger charge is 2.18. The molecule has 0 radical (unpaired) electrons. The van der Waals surface area contributed by atoms with Crippen LogP contribution in [0, 0.1) is 0 Å². The average Bonchev–Trinajstić information content (AvgIpc) is 2.26. The third kappa shape index (κ3) is 2.78. The number of nitrogens with zero attached hydrogens (tertiary/aromatic N) is 2. The third-order valence-electron chi connectivity index (χ3n) is 2.06. The second-order valence-electron chi connectivity index (χ2n) is 4.74. The van der Waals surface area contributed by atoms with Gasteiger partial charge in [-0.15, -0.1) is 0 Å². The summed E-state index contributed by atoms with van der Waals surface area (Å²) in [7, 11) is 0. The van der Waals surface area contributed by atoms with Crippen LogP contribution in [-0.2, 0) is 4.74 Å². The van der Waals surface area contributed by atoms with Crippen molar-refractivity contribution in [3.63, 3.8) is 0 Å². The van der Waals surface area contributed by atoms with E-state index in [0.29, 0.717) is 11.2 Å². The van der Waals surface area contributed by atoms with Gasteiger partial charge in [0.25, 0.3) is 0 Å². The molecule has 0 aromatic carbocycles. The largest absolute Gasteiger partial charge is 0.455 e. The predicted molar refractivity (Wildman–Crippen MR) is 64.7 cm³/mol. The van der Waals surface area contributed by atoms with Crippen molar-refractivity contribution in [2.75, 3.05) is 0 Å². The fraction of sp³-hybridized carbons (Fsp3) is 0.308. The van der Waals surface area contributed by atoms with Crippen LogP contribution in [0.15, 0.2) is 30.5 Å². The summed E-state index contributed by atoms with van der Waals surface area (Å²) < 4.78 is 5.25. The van der Waals surface area contributed by atoms with Crippen molar-refractivity contribution >= 4 is 17.0 Å². The van der Waals surface area contributed by atoms with Crippen molar-refractivity contribution in [3.8, 4) is 0 Å². The maximum Gasteiger partial charge on any atom is 0.357 e. The first kappa shape index (κ1) is 11.5. The van der Waals surface area contributed by atoms with E-state index >= 15 is 0 Å². The van der Waals surface area contributed by atoms with Gasteiger partial charge in [-0.25, -0.2) is 9.78 Å². The van der Waals surface area contributed by atoms with Crippen LogP contribution >= 0.6 is 0 Å². The number of carbonyl (C=O) groups excluding carboxylic acids is 1. The maximum absolute atomic E-state index is 11.8. The summed E-state index contributed by atoms with van der Waals surface area (Å²) in [5, 5.41) is 0. The Morgan fingerprint density at radius 3 is 2.65 bits per heavy atom. The van der Waals surface area contributed by atoms with Crippen LogP contribution in [0.3, 0.4) is 0 Å². The van der Waals surface area contributed by atoms with Gasteiger partial charge in [-0.1, -0.05) is 0 Å². The molecule has 2 aromatic rings. The highest BCUT2D eigenvalue weighted by atomic mass is 16.6. The van der Waals surface area contributed by atoms with Gasteiger partial charge in [0.05, 0.1) is 11.0 Å². The topological polar surface area (TPSA) is 52.1 Å². The lowest BCUT2D eigenvalue weighted by molar-refractivity contribution is 0.00633. The first-order chi connectivity index (χ1) is 7.96. The van der Waals surface area contributed by atoms with E-state index in [1.54, 1.807) is 24.4 Å². The van der Waals surface area contributed by atoms with Gasteiger partial charge < -0.3 is 4.74 Å². The van der Waals surface area contributed by atoms with Crippen LogP contribution in [0.25, 0.3) is 11.0 Å². The first-order valence-corrected chi connectivity index (χ1v) is 5.41. The SMILES string of the molecule is CC(C)(C)OC(=O)c1ccc2ncccc2n1. The molecule has 88 valence electrons. The van der Waals surface area contributed by atoms with Gasteiger partial charge in [0.2, 0.25) is 0 Å². The van der Waals surface area contributed by atoms with E-state index in [2.05, 4.69) is 9.97 Å². The summed E-state index contributed by atoms with van der Waals surface area (Å²) in [4.78, 5) is 20.2. The third-order valence-corrected chi connectivity index (χ3v) is 2.06. The molecule has 0 spiro atoms. The molecule has 4 heteroatoms. The Bertz CT molecular complexity index is 559. The van der Waals surface area contributed by atoms with E-state index < -0.39 is 11.6 Å². The minimum absolute atomic E-state index is 0.306. The lowest BCUT2D eigenvalue weighted by atomic mass is 10.2. The Morgan fingerprint density at radius 1 is 1.18 bits per heavy atom. The molecular weight excluding hydrogens is 216 g/mol. The van der Waals surface area contributed by atoms with E-state index in [0.717, 1.165) is 5.52 Å². The number of aromatic nitrogens is 2. The molecule has 4 nitrogen and oxygen atoms in total. The van der Waals surface area contributed by atoms with Crippen LogP contribution in [0.1, 0.15) is 31.3 Å². The number of esters is 1. The second-order valence-corrected chi connectivity index (χ2v) is 4.74. The molecule has 0 atom stereocenters. The molecule has 0 amide bonds. The quantitative estimate of drug-likeness (QED) is 0.706. The molecule has 2 aromatic heterocycles. The smallest absolute Gasteiger partial charge is 0.357 e. The molecule has 0 aliphatic carbocycles. The maximum atomic E-state index is 11.8. The standard InChI is InChI=1S/C13H14N2O2/c1-13(2,3)17-12(16)11-7-6-9-10(15-11)5-4-8-14-9/h4-8H,1-3H3. The first-order valence-electron chi connectivity index (χ1n) is 5.41. The van der Waals surface area contributed by atoms with Crippen molar-refractivity contribution in [3.05, 3.63) is 36.2 Å². The number of fused-ring (bicyclic) bond motifs is 1. The molecule has 0 saturated heterocycles. The molecular formula is C13H14N2O2. The number of hydrogen-bond acceptors (Lipinski definition) is 4. The fourth-order valence-corrected chi connectivity index (χ4v) is 1.40. The summed E-state index contributed by atoms with van der Waals surface area (Å²) in [5.41, 5.74) is 1.25. The number of hydrogen-bond donors (Lipinski definition) is 0. The molecule has 2 heterocycles. The zero-order chi connectivity index (χ0) is 12.5. The number of carbonyl (C=O) groups is 1. The number of rotatable bonds is 1. The summed E-state index contributed by atoms with van der Waals surface area (Å²) in [5.74, 6) is -0.414. The van der Waals surface area contributed by atoms with Gasteiger partial charge in [0, 0.05) is 6.20 Å². The van der Waals surface area contributed by atoms with Crippen molar-refractivity contribution in [2.24, 2.45) is 0 Å². The van der Waals surface area contributed by atoms with Crippen LogP contribution in [0.2, 0.25) is 0 Å². The average molecular weight is 230 g/mol. The molecule has 0 aliphatic heterocycles. The van der Waals surface area contributed by atoms with Crippen molar-refractivity contribution < 1.29 is 9.53 Å². The fourth-order valence-electron chi connectivity index (χ4n) is 1.40. The second kappa shape index (κ2) is 4.13. The summed E-state index contributed by atoms with van der Waals surface area (Å²) in [6, 6.07) is 7.00. The number of pyridine rings is 2. The minimum atomic E-state index is -0.511. The van der Waals surface area contributed by atoms with E-state index in [-0.39, 0.29) is 0 Å². The van der Waals surface area contributed by atoms with Crippen molar-refractivity contribution in [1.29, 1.82) is 0 Å². The van der Waals surface area contributed by atoms with E-state index in [1.807, 2.05) is 26.8 Å². The Kier molecular flexibility index (Phi) is 2.79. The van der Waals surface area contributed by atoms with Crippen molar-refractivity contribution in [1.82, 2.24) is 9.97 Å². The summed E-state index contributed by atoms with van der Waals surface area (Å²) >= 11 is 0.